The highest BCUT2D eigenvalue weighted by atomic mass is 35.5. The van der Waals surface area contributed by atoms with Crippen LogP contribution < -0.4 is 5.73 Å². The van der Waals surface area contributed by atoms with Crippen LogP contribution >= 0.6 is 11.6 Å². The molecule has 0 atom stereocenters. The summed E-state index contributed by atoms with van der Waals surface area (Å²) in [5.41, 5.74) is 4.70. The van der Waals surface area contributed by atoms with Crippen LogP contribution in [0.25, 0.3) is 10.9 Å². The predicted molar refractivity (Wildman–Crippen MR) is 56.2 cm³/mol. The number of fused-ring (bicyclic) bond motifs is 1. The van der Waals surface area contributed by atoms with Gasteiger partial charge in [-0.3, -0.25) is 0 Å². The van der Waals surface area contributed by atoms with Crippen molar-refractivity contribution in [1.82, 2.24) is 4.98 Å². The minimum Gasteiger partial charge on any atom is -0.398 e. The molecule has 2 nitrogen and oxygen atoms in total. The van der Waals surface area contributed by atoms with Gasteiger partial charge in [0.15, 0.2) is 0 Å². The maximum atomic E-state index is 12.7. The van der Waals surface area contributed by atoms with Crippen molar-refractivity contribution >= 4 is 28.2 Å². The lowest BCUT2D eigenvalue weighted by Gasteiger charge is -2.10. The van der Waals surface area contributed by atoms with Crippen molar-refractivity contribution in [2.75, 3.05) is 5.73 Å². The summed E-state index contributed by atoms with van der Waals surface area (Å²) in [4.78, 5) is 3.67. The Hall–Kier alpha value is -1.49. The molecule has 0 fully saturated rings. The molecule has 0 saturated carbocycles. The molecule has 2 aromatic rings. The van der Waals surface area contributed by atoms with Crippen LogP contribution in [-0.2, 0) is 6.18 Å². The summed E-state index contributed by atoms with van der Waals surface area (Å²) in [6.45, 7) is 0. The standard InChI is InChI=1S/C10H6ClF3N2/c11-8-4-7(15)5-2-1-3-6(9(5)16-8)10(12,13)14/h1-4H,(H2,15,16). The Kier molecular flexibility index (Phi) is 2.42. The maximum Gasteiger partial charge on any atom is 0.418 e. The molecule has 0 amide bonds. The Morgan fingerprint density at radius 3 is 2.56 bits per heavy atom. The number of nitrogens with two attached hydrogens (primary N) is 1. The van der Waals surface area contributed by atoms with Gasteiger partial charge in [0.1, 0.15) is 5.15 Å². The fraction of sp³-hybridized carbons (Fsp3) is 0.100. The normalized spacial score (nSPS) is 12.0. The molecule has 1 aromatic carbocycles. The monoisotopic (exact) mass is 246 g/mol. The molecule has 2 N–H and O–H groups in total. The predicted octanol–water partition coefficient (Wildman–Crippen LogP) is 3.49. The first-order chi connectivity index (χ1) is 7.39. The lowest BCUT2D eigenvalue weighted by Crippen LogP contribution is -2.07. The van der Waals surface area contributed by atoms with Crippen LogP contribution in [0, 0.1) is 0 Å². The summed E-state index contributed by atoms with van der Waals surface area (Å²) in [5, 5.41) is 0.195. The number of pyridine rings is 1. The Bertz CT molecular complexity index is 551. The molecule has 0 aliphatic heterocycles. The zero-order valence-electron chi connectivity index (χ0n) is 7.85. The van der Waals surface area contributed by atoms with Crippen molar-refractivity contribution < 1.29 is 13.2 Å². The highest BCUT2D eigenvalue weighted by molar-refractivity contribution is 6.30. The second-order valence-electron chi connectivity index (χ2n) is 3.23. The first kappa shape index (κ1) is 11.0. The third-order valence-corrected chi connectivity index (χ3v) is 2.34. The summed E-state index contributed by atoms with van der Waals surface area (Å²) in [6, 6.07) is 5.04. The minimum absolute atomic E-state index is 0.0540. The van der Waals surface area contributed by atoms with E-state index in [4.69, 9.17) is 17.3 Å². The third kappa shape index (κ3) is 1.78. The Labute approximate surface area is 93.8 Å². The van der Waals surface area contributed by atoms with E-state index in [2.05, 4.69) is 4.98 Å². The summed E-state index contributed by atoms with van der Waals surface area (Å²) >= 11 is 5.59. The van der Waals surface area contributed by atoms with Gasteiger partial charge in [-0.2, -0.15) is 13.2 Å². The Balaban J connectivity index is 2.87. The van der Waals surface area contributed by atoms with Gasteiger partial charge in [0.05, 0.1) is 11.1 Å². The number of hydrogen-bond donors (Lipinski definition) is 1. The molecular weight excluding hydrogens is 241 g/mol. The van der Waals surface area contributed by atoms with Crippen LogP contribution in [0.2, 0.25) is 5.15 Å². The van der Waals surface area contributed by atoms with E-state index >= 15 is 0 Å². The van der Waals surface area contributed by atoms with E-state index < -0.39 is 11.7 Å². The number of rotatable bonds is 0. The molecule has 1 aromatic heterocycles. The SMILES string of the molecule is Nc1cc(Cl)nc2c(C(F)(F)F)cccc12. The minimum atomic E-state index is -4.47. The van der Waals surface area contributed by atoms with E-state index in [1.54, 1.807) is 0 Å². The molecular formula is C10H6ClF3N2. The number of anilines is 1. The third-order valence-electron chi connectivity index (χ3n) is 2.15. The summed E-state index contributed by atoms with van der Waals surface area (Å²) in [7, 11) is 0. The lowest BCUT2D eigenvalue weighted by atomic mass is 10.1. The number of halogens is 4. The maximum absolute atomic E-state index is 12.7. The largest absolute Gasteiger partial charge is 0.418 e. The number of alkyl halides is 3. The second-order valence-corrected chi connectivity index (χ2v) is 3.62. The van der Waals surface area contributed by atoms with Gasteiger partial charge in [0.25, 0.3) is 0 Å². The molecule has 1 heterocycles. The number of para-hydroxylation sites is 1. The molecule has 0 spiro atoms. The van der Waals surface area contributed by atoms with E-state index in [9.17, 15) is 13.2 Å². The van der Waals surface area contributed by atoms with Crippen LogP contribution in [0.1, 0.15) is 5.56 Å². The van der Waals surface area contributed by atoms with Crippen molar-refractivity contribution in [3.63, 3.8) is 0 Å². The highest BCUT2D eigenvalue weighted by Gasteiger charge is 2.33. The molecule has 6 heteroatoms. The zero-order chi connectivity index (χ0) is 11.9. The number of nitrogens with zero attached hydrogens (tertiary/aromatic N) is 1. The number of aromatic nitrogens is 1. The molecule has 0 saturated heterocycles. The quantitative estimate of drug-likeness (QED) is 0.723. The Morgan fingerprint density at radius 2 is 1.94 bits per heavy atom. The molecule has 84 valence electrons. The molecule has 0 unspecified atom stereocenters. The van der Waals surface area contributed by atoms with Crippen LogP contribution in [0.5, 0.6) is 0 Å². The summed E-state index contributed by atoms with van der Waals surface area (Å²) in [5.74, 6) is 0. The lowest BCUT2D eigenvalue weighted by molar-refractivity contribution is -0.136. The Morgan fingerprint density at radius 1 is 1.25 bits per heavy atom. The topological polar surface area (TPSA) is 38.9 Å². The number of hydrogen-bond acceptors (Lipinski definition) is 2. The molecule has 0 aliphatic carbocycles. The van der Waals surface area contributed by atoms with E-state index in [-0.39, 0.29) is 21.7 Å². The van der Waals surface area contributed by atoms with Gasteiger partial charge in [0, 0.05) is 11.1 Å². The van der Waals surface area contributed by atoms with Crippen LogP contribution in [0.4, 0.5) is 18.9 Å². The van der Waals surface area contributed by atoms with Crippen LogP contribution in [0.15, 0.2) is 24.3 Å². The van der Waals surface area contributed by atoms with Crippen LogP contribution in [-0.4, -0.2) is 4.98 Å². The van der Waals surface area contributed by atoms with Crippen molar-refractivity contribution in [3.8, 4) is 0 Å². The van der Waals surface area contributed by atoms with Gasteiger partial charge in [0.2, 0.25) is 0 Å². The summed E-state index contributed by atoms with van der Waals surface area (Å²) in [6.07, 6.45) is -4.47. The average molecular weight is 247 g/mol. The zero-order valence-corrected chi connectivity index (χ0v) is 8.60. The number of nitrogen functional groups attached to an aromatic ring is 1. The fourth-order valence-electron chi connectivity index (χ4n) is 1.47. The van der Waals surface area contributed by atoms with Crippen molar-refractivity contribution in [2.45, 2.75) is 6.18 Å². The van der Waals surface area contributed by atoms with E-state index in [0.29, 0.717) is 0 Å². The van der Waals surface area contributed by atoms with Gasteiger partial charge in [-0.25, -0.2) is 4.98 Å². The van der Waals surface area contributed by atoms with Crippen LogP contribution in [0.3, 0.4) is 0 Å². The summed E-state index contributed by atoms with van der Waals surface area (Å²) < 4.78 is 38.0. The fourth-order valence-corrected chi connectivity index (χ4v) is 1.67. The van der Waals surface area contributed by atoms with Crippen molar-refractivity contribution in [2.24, 2.45) is 0 Å². The average Bonchev–Trinajstić information content (AvgIpc) is 2.15. The van der Waals surface area contributed by atoms with Crippen molar-refractivity contribution in [3.05, 3.63) is 35.0 Å². The molecule has 0 bridgehead atoms. The first-order valence-corrected chi connectivity index (χ1v) is 4.69. The van der Waals surface area contributed by atoms with E-state index in [1.807, 2.05) is 0 Å². The van der Waals surface area contributed by atoms with Gasteiger partial charge in [-0.1, -0.05) is 23.7 Å². The molecule has 0 aliphatic rings. The van der Waals surface area contributed by atoms with Crippen molar-refractivity contribution in [1.29, 1.82) is 0 Å². The van der Waals surface area contributed by atoms with Gasteiger partial charge < -0.3 is 5.73 Å². The van der Waals surface area contributed by atoms with Gasteiger partial charge >= 0.3 is 6.18 Å². The highest BCUT2D eigenvalue weighted by Crippen LogP contribution is 2.35. The second kappa shape index (κ2) is 3.52. The molecule has 16 heavy (non-hydrogen) atoms. The molecule has 0 radical (unpaired) electrons. The molecule has 2 rings (SSSR count). The first-order valence-electron chi connectivity index (χ1n) is 4.31. The smallest absolute Gasteiger partial charge is 0.398 e. The van der Waals surface area contributed by atoms with Gasteiger partial charge in [-0.15, -0.1) is 0 Å². The number of benzene rings is 1. The van der Waals surface area contributed by atoms with E-state index in [1.165, 1.54) is 18.2 Å². The van der Waals surface area contributed by atoms with Gasteiger partial charge in [-0.05, 0) is 12.1 Å². The van der Waals surface area contributed by atoms with E-state index in [0.717, 1.165) is 6.07 Å².